The molecule has 1 N–H and O–H groups in total. The average Bonchev–Trinajstić information content (AvgIpc) is 2.91. The van der Waals surface area contributed by atoms with Crippen molar-refractivity contribution in [2.24, 2.45) is 5.10 Å². The third kappa shape index (κ3) is 6.17. The van der Waals surface area contributed by atoms with E-state index >= 15 is 0 Å². The Morgan fingerprint density at radius 3 is 2.43 bits per heavy atom. The molecule has 0 spiro atoms. The molecule has 0 fully saturated rings. The van der Waals surface area contributed by atoms with Gasteiger partial charge in [0.1, 0.15) is 0 Å². The number of carbonyl (C=O) groups is 2. The van der Waals surface area contributed by atoms with Crippen molar-refractivity contribution in [2.75, 3.05) is 7.11 Å². The number of amides is 1. The lowest BCUT2D eigenvalue weighted by Crippen LogP contribution is -2.19. The maximum atomic E-state index is 12.5. The van der Waals surface area contributed by atoms with E-state index in [0.717, 1.165) is 20.8 Å². The van der Waals surface area contributed by atoms with Gasteiger partial charge in [-0.05, 0) is 58.3 Å². The van der Waals surface area contributed by atoms with Gasteiger partial charge in [-0.2, -0.15) is 5.10 Å². The fourth-order valence-corrected chi connectivity index (χ4v) is 4.07. The predicted octanol–water partition coefficient (Wildman–Crippen LogP) is 5.43. The van der Waals surface area contributed by atoms with Gasteiger partial charge in [0.05, 0.1) is 30.2 Å². The van der Waals surface area contributed by atoms with E-state index in [0.29, 0.717) is 5.56 Å². The molecule has 0 aromatic heterocycles. The number of ether oxygens (including phenoxy) is 2. The van der Waals surface area contributed by atoms with Gasteiger partial charge in [0.15, 0.2) is 11.5 Å². The number of benzene rings is 4. The standard InChI is InChI=1S/C27H20BrN3O6/c1-36-25-14-17(6-13-24(25)37-27(33)18-7-10-20(11-8-18)31(34)35)16-29-30-26(32)15-19-9-12-23(28)22-5-3-2-4-21(19)22/h2-14,16H,15H2,1H3,(H,30,32). The SMILES string of the molecule is COc1cc(C=NNC(=O)Cc2ccc(Br)c3ccccc23)ccc1OC(=O)c1ccc([N+](=O)[O-])cc1. The van der Waals surface area contributed by atoms with Crippen LogP contribution in [0.1, 0.15) is 21.5 Å². The molecule has 0 aliphatic carbocycles. The summed E-state index contributed by atoms with van der Waals surface area (Å²) in [6.07, 6.45) is 1.61. The Balaban J connectivity index is 1.39. The van der Waals surface area contributed by atoms with Gasteiger partial charge >= 0.3 is 5.97 Å². The molecular formula is C27H20BrN3O6. The molecule has 0 aliphatic rings. The van der Waals surface area contributed by atoms with E-state index in [1.807, 2.05) is 36.4 Å². The second-order valence-electron chi connectivity index (χ2n) is 7.83. The second-order valence-corrected chi connectivity index (χ2v) is 8.68. The topological polar surface area (TPSA) is 120 Å². The van der Waals surface area contributed by atoms with Crippen LogP contribution in [0.25, 0.3) is 10.8 Å². The molecule has 0 heterocycles. The molecule has 0 unspecified atom stereocenters. The third-order valence-electron chi connectivity index (χ3n) is 5.42. The maximum Gasteiger partial charge on any atom is 0.343 e. The number of esters is 1. The molecule has 9 nitrogen and oxygen atoms in total. The number of rotatable bonds is 8. The van der Waals surface area contributed by atoms with Gasteiger partial charge < -0.3 is 9.47 Å². The molecule has 1 amide bonds. The summed E-state index contributed by atoms with van der Waals surface area (Å²) in [6, 6.07) is 21.5. The summed E-state index contributed by atoms with van der Waals surface area (Å²) >= 11 is 3.53. The number of nitro groups is 1. The Morgan fingerprint density at radius 1 is 1.00 bits per heavy atom. The van der Waals surface area contributed by atoms with Crippen molar-refractivity contribution in [3.05, 3.63) is 110 Å². The lowest BCUT2D eigenvalue weighted by atomic mass is 10.0. The number of carbonyl (C=O) groups excluding carboxylic acids is 2. The highest BCUT2D eigenvalue weighted by atomic mass is 79.9. The summed E-state index contributed by atoms with van der Waals surface area (Å²) in [5.74, 6) is -0.535. The number of nitro benzene ring substituents is 1. The molecule has 4 aromatic carbocycles. The predicted molar refractivity (Wildman–Crippen MR) is 142 cm³/mol. The van der Waals surface area contributed by atoms with E-state index in [4.69, 9.17) is 9.47 Å². The Morgan fingerprint density at radius 2 is 1.73 bits per heavy atom. The highest BCUT2D eigenvalue weighted by Crippen LogP contribution is 2.29. The van der Waals surface area contributed by atoms with Gasteiger partial charge in [0.25, 0.3) is 5.69 Å². The molecule has 186 valence electrons. The molecule has 0 radical (unpaired) electrons. The third-order valence-corrected chi connectivity index (χ3v) is 6.11. The molecule has 37 heavy (non-hydrogen) atoms. The Hall–Kier alpha value is -4.57. The van der Waals surface area contributed by atoms with Crippen LogP contribution in [0.4, 0.5) is 5.69 Å². The number of methoxy groups -OCH3 is 1. The number of hydrogen-bond donors (Lipinski definition) is 1. The molecule has 0 aliphatic heterocycles. The van der Waals surface area contributed by atoms with Crippen molar-refractivity contribution >= 4 is 50.5 Å². The highest BCUT2D eigenvalue weighted by molar-refractivity contribution is 9.10. The van der Waals surface area contributed by atoms with Crippen molar-refractivity contribution in [1.29, 1.82) is 0 Å². The summed E-state index contributed by atoms with van der Waals surface area (Å²) in [5.41, 5.74) is 4.02. The molecule has 4 aromatic rings. The van der Waals surface area contributed by atoms with Crippen LogP contribution in [0.15, 0.2) is 88.4 Å². The molecule has 0 atom stereocenters. The minimum Gasteiger partial charge on any atom is -0.493 e. The quantitative estimate of drug-likeness (QED) is 0.101. The van der Waals surface area contributed by atoms with Crippen LogP contribution in [0.2, 0.25) is 0 Å². The zero-order chi connectivity index (χ0) is 26.4. The summed E-state index contributed by atoms with van der Waals surface area (Å²) < 4.78 is 11.6. The van der Waals surface area contributed by atoms with Gasteiger partial charge in [-0.3, -0.25) is 14.9 Å². The fourth-order valence-electron chi connectivity index (χ4n) is 3.60. The van der Waals surface area contributed by atoms with Crippen molar-refractivity contribution in [3.8, 4) is 11.5 Å². The monoisotopic (exact) mass is 561 g/mol. The zero-order valence-electron chi connectivity index (χ0n) is 19.5. The van der Waals surface area contributed by atoms with E-state index in [9.17, 15) is 19.7 Å². The largest absolute Gasteiger partial charge is 0.493 e. The average molecular weight is 562 g/mol. The summed E-state index contributed by atoms with van der Waals surface area (Å²) in [5, 5.41) is 16.8. The van der Waals surface area contributed by atoms with Gasteiger partial charge in [0, 0.05) is 16.6 Å². The highest BCUT2D eigenvalue weighted by Gasteiger charge is 2.15. The van der Waals surface area contributed by atoms with Crippen molar-refractivity contribution in [1.82, 2.24) is 5.43 Å². The van der Waals surface area contributed by atoms with Gasteiger partial charge in [-0.25, -0.2) is 10.2 Å². The van der Waals surface area contributed by atoms with Crippen molar-refractivity contribution < 1.29 is 24.0 Å². The maximum absolute atomic E-state index is 12.5. The van der Waals surface area contributed by atoms with E-state index < -0.39 is 10.9 Å². The minimum absolute atomic E-state index is 0.130. The second kappa shape index (κ2) is 11.4. The minimum atomic E-state index is -0.692. The lowest BCUT2D eigenvalue weighted by Gasteiger charge is -2.10. The first-order valence-electron chi connectivity index (χ1n) is 11.0. The molecular weight excluding hydrogens is 542 g/mol. The van der Waals surface area contributed by atoms with Gasteiger partial charge in [-0.1, -0.05) is 46.3 Å². The fraction of sp³-hybridized carbons (Fsp3) is 0.0741. The number of hydrazone groups is 1. The Kier molecular flexibility index (Phi) is 7.89. The van der Waals surface area contributed by atoms with E-state index in [1.165, 1.54) is 43.7 Å². The molecule has 4 rings (SSSR count). The van der Waals surface area contributed by atoms with Crippen LogP contribution in [0.3, 0.4) is 0 Å². The van der Waals surface area contributed by atoms with E-state index in [2.05, 4.69) is 26.5 Å². The van der Waals surface area contributed by atoms with Crippen molar-refractivity contribution in [3.63, 3.8) is 0 Å². The zero-order valence-corrected chi connectivity index (χ0v) is 21.1. The number of non-ortho nitro benzene ring substituents is 1. The number of nitrogens with zero attached hydrogens (tertiary/aromatic N) is 2. The first kappa shape index (κ1) is 25.5. The molecule has 10 heteroatoms. The van der Waals surface area contributed by atoms with Crippen LogP contribution >= 0.6 is 15.9 Å². The lowest BCUT2D eigenvalue weighted by molar-refractivity contribution is -0.384. The first-order chi connectivity index (χ1) is 17.9. The van der Waals surface area contributed by atoms with Gasteiger partial charge in [0.2, 0.25) is 5.91 Å². The van der Waals surface area contributed by atoms with Crippen LogP contribution in [0, 0.1) is 10.1 Å². The number of fused-ring (bicyclic) bond motifs is 1. The molecule has 0 bridgehead atoms. The van der Waals surface area contributed by atoms with Crippen LogP contribution in [-0.2, 0) is 11.2 Å². The smallest absolute Gasteiger partial charge is 0.343 e. The van der Waals surface area contributed by atoms with Gasteiger partial charge in [-0.15, -0.1) is 0 Å². The summed E-state index contributed by atoms with van der Waals surface area (Å²) in [4.78, 5) is 35.1. The number of halogens is 1. The summed E-state index contributed by atoms with van der Waals surface area (Å²) in [7, 11) is 1.42. The molecule has 0 saturated carbocycles. The van der Waals surface area contributed by atoms with Crippen LogP contribution < -0.4 is 14.9 Å². The molecule has 0 saturated heterocycles. The number of hydrogen-bond acceptors (Lipinski definition) is 7. The Bertz CT molecular complexity index is 1520. The van der Waals surface area contributed by atoms with Crippen LogP contribution in [-0.4, -0.2) is 30.1 Å². The summed E-state index contributed by atoms with van der Waals surface area (Å²) in [6.45, 7) is 0. The Labute approximate surface area is 220 Å². The van der Waals surface area contributed by atoms with E-state index in [-0.39, 0.29) is 35.1 Å². The normalized spacial score (nSPS) is 10.9. The van der Waals surface area contributed by atoms with Crippen LogP contribution in [0.5, 0.6) is 11.5 Å². The first-order valence-corrected chi connectivity index (χ1v) is 11.8. The van der Waals surface area contributed by atoms with Crippen molar-refractivity contribution in [2.45, 2.75) is 6.42 Å². The van der Waals surface area contributed by atoms with E-state index in [1.54, 1.807) is 12.1 Å². The number of nitrogens with one attached hydrogen (secondary N) is 1.